The van der Waals surface area contributed by atoms with Crippen molar-refractivity contribution in [2.75, 3.05) is 0 Å². The molecule has 0 aliphatic heterocycles. The lowest BCUT2D eigenvalue weighted by atomic mass is 10.3. The Labute approximate surface area is 77.8 Å². The van der Waals surface area contributed by atoms with Crippen molar-refractivity contribution in [2.24, 2.45) is 0 Å². The summed E-state index contributed by atoms with van der Waals surface area (Å²) in [6.45, 7) is 1.60. The van der Waals surface area contributed by atoms with E-state index in [2.05, 4.69) is 10.1 Å². The van der Waals surface area contributed by atoms with Crippen LogP contribution in [0, 0.1) is 12.7 Å². The maximum atomic E-state index is 13.0. The fraction of sp³-hybridized carbons (Fsp3) is 0.125. The number of hydrogen-bond donors (Lipinski definition) is 1. The summed E-state index contributed by atoms with van der Waals surface area (Å²) in [7, 11) is 0. The number of carboxylic acid groups (broad SMARTS) is 1. The lowest BCUT2D eigenvalue weighted by Crippen LogP contribution is -2.08. The minimum atomic E-state index is -1.16. The van der Waals surface area contributed by atoms with Gasteiger partial charge in [-0.05, 0) is 13.0 Å². The van der Waals surface area contributed by atoms with Crippen molar-refractivity contribution >= 4 is 11.6 Å². The highest BCUT2D eigenvalue weighted by atomic mass is 19.1. The zero-order valence-electron chi connectivity index (χ0n) is 7.23. The standard InChI is InChI=1S/C8H6FN3O2/c1-4-2-6(8(13)14)12-7(11-4)5(9)3-10-12/h2-3H,1H3,(H,13,14). The van der Waals surface area contributed by atoms with Crippen LogP contribution in [0.25, 0.3) is 5.65 Å². The molecule has 0 unspecified atom stereocenters. The number of nitrogens with zero attached hydrogens (tertiary/aromatic N) is 3. The minimum Gasteiger partial charge on any atom is -0.477 e. The van der Waals surface area contributed by atoms with Crippen LogP contribution in [-0.4, -0.2) is 25.7 Å². The summed E-state index contributed by atoms with van der Waals surface area (Å²) < 4.78 is 14.0. The minimum absolute atomic E-state index is 0.0672. The maximum Gasteiger partial charge on any atom is 0.354 e. The van der Waals surface area contributed by atoms with E-state index in [9.17, 15) is 9.18 Å². The zero-order chi connectivity index (χ0) is 10.3. The first-order chi connectivity index (χ1) is 6.59. The number of carbonyl (C=O) groups is 1. The summed E-state index contributed by atoms with van der Waals surface area (Å²) in [6, 6.07) is 1.34. The van der Waals surface area contributed by atoms with Crippen molar-refractivity contribution in [1.29, 1.82) is 0 Å². The van der Waals surface area contributed by atoms with Crippen molar-refractivity contribution < 1.29 is 14.3 Å². The lowest BCUT2D eigenvalue weighted by Gasteiger charge is -2.00. The van der Waals surface area contributed by atoms with Crippen molar-refractivity contribution in [2.45, 2.75) is 6.92 Å². The molecule has 0 fully saturated rings. The molecule has 0 aliphatic carbocycles. The third-order valence-electron chi connectivity index (χ3n) is 1.78. The van der Waals surface area contributed by atoms with E-state index in [4.69, 9.17) is 5.11 Å². The monoisotopic (exact) mass is 195 g/mol. The summed E-state index contributed by atoms with van der Waals surface area (Å²) in [6.07, 6.45) is 0.939. The van der Waals surface area contributed by atoms with Crippen LogP contribution in [0.5, 0.6) is 0 Å². The summed E-state index contributed by atoms with van der Waals surface area (Å²) in [5.74, 6) is -1.79. The number of halogens is 1. The van der Waals surface area contributed by atoms with E-state index < -0.39 is 11.8 Å². The highest BCUT2D eigenvalue weighted by molar-refractivity contribution is 5.86. The predicted molar refractivity (Wildman–Crippen MR) is 44.6 cm³/mol. The average Bonchev–Trinajstić information content (AvgIpc) is 2.47. The number of carboxylic acids is 1. The van der Waals surface area contributed by atoms with E-state index in [1.54, 1.807) is 6.92 Å². The molecule has 0 bridgehead atoms. The van der Waals surface area contributed by atoms with Gasteiger partial charge in [0.05, 0.1) is 6.20 Å². The number of fused-ring (bicyclic) bond motifs is 1. The van der Waals surface area contributed by atoms with Crippen molar-refractivity contribution in [3.8, 4) is 0 Å². The van der Waals surface area contributed by atoms with Gasteiger partial charge >= 0.3 is 5.97 Å². The second-order valence-electron chi connectivity index (χ2n) is 2.82. The predicted octanol–water partition coefficient (Wildman–Crippen LogP) is 0.875. The van der Waals surface area contributed by atoms with E-state index in [0.717, 1.165) is 10.7 Å². The van der Waals surface area contributed by atoms with E-state index in [0.29, 0.717) is 5.69 Å². The number of aromatic nitrogens is 3. The first-order valence-corrected chi connectivity index (χ1v) is 3.84. The number of rotatable bonds is 1. The molecule has 2 aromatic heterocycles. The van der Waals surface area contributed by atoms with E-state index in [1.165, 1.54) is 6.07 Å². The molecule has 0 aromatic carbocycles. The molecule has 0 aliphatic rings. The fourth-order valence-corrected chi connectivity index (χ4v) is 1.21. The molecule has 2 rings (SSSR count). The molecule has 72 valence electrons. The summed E-state index contributed by atoms with van der Waals surface area (Å²) in [5, 5.41) is 12.4. The van der Waals surface area contributed by atoms with Crippen molar-refractivity contribution in [1.82, 2.24) is 14.6 Å². The Kier molecular flexibility index (Phi) is 1.70. The average molecular weight is 195 g/mol. The Bertz CT molecular complexity index is 521. The molecule has 6 heteroatoms. The van der Waals surface area contributed by atoms with Crippen LogP contribution in [0.4, 0.5) is 4.39 Å². The van der Waals surface area contributed by atoms with Gasteiger partial charge in [0.2, 0.25) is 0 Å². The highest BCUT2D eigenvalue weighted by Crippen LogP contribution is 2.10. The van der Waals surface area contributed by atoms with E-state index >= 15 is 0 Å². The van der Waals surface area contributed by atoms with Gasteiger partial charge in [-0.2, -0.15) is 5.10 Å². The maximum absolute atomic E-state index is 13.0. The molecule has 0 atom stereocenters. The molecule has 5 nitrogen and oxygen atoms in total. The molecule has 0 saturated carbocycles. The molecular formula is C8H6FN3O2. The second-order valence-corrected chi connectivity index (χ2v) is 2.82. The van der Waals surface area contributed by atoms with Gasteiger partial charge in [-0.1, -0.05) is 0 Å². The Morgan fingerprint density at radius 2 is 2.36 bits per heavy atom. The molecule has 2 heterocycles. The number of hydrogen-bond acceptors (Lipinski definition) is 3. The normalized spacial score (nSPS) is 10.7. The van der Waals surface area contributed by atoms with Gasteiger partial charge in [0.1, 0.15) is 0 Å². The van der Waals surface area contributed by atoms with E-state index in [1.807, 2.05) is 0 Å². The van der Waals surface area contributed by atoms with Crippen LogP contribution in [0.1, 0.15) is 16.2 Å². The summed E-state index contributed by atoms with van der Waals surface area (Å²) in [4.78, 5) is 14.6. The van der Waals surface area contributed by atoms with Gasteiger partial charge in [0.25, 0.3) is 0 Å². The molecule has 1 N–H and O–H groups in total. The van der Waals surface area contributed by atoms with Crippen LogP contribution in [0.3, 0.4) is 0 Å². The van der Waals surface area contributed by atoms with Crippen LogP contribution >= 0.6 is 0 Å². The Morgan fingerprint density at radius 1 is 1.64 bits per heavy atom. The third kappa shape index (κ3) is 1.12. The zero-order valence-corrected chi connectivity index (χ0v) is 7.23. The lowest BCUT2D eigenvalue weighted by molar-refractivity contribution is 0.0687. The number of aromatic carboxylic acids is 1. The van der Waals surface area contributed by atoms with Crippen molar-refractivity contribution in [3.05, 3.63) is 29.5 Å². The molecular weight excluding hydrogens is 189 g/mol. The Balaban J connectivity index is 2.88. The van der Waals surface area contributed by atoms with Crippen LogP contribution in [0.15, 0.2) is 12.3 Å². The first kappa shape index (κ1) is 8.61. The largest absolute Gasteiger partial charge is 0.477 e. The molecule has 0 amide bonds. The highest BCUT2D eigenvalue weighted by Gasteiger charge is 2.14. The molecule has 2 aromatic rings. The van der Waals surface area contributed by atoms with Crippen LogP contribution < -0.4 is 0 Å². The second kappa shape index (κ2) is 2.76. The SMILES string of the molecule is Cc1cc(C(=O)O)n2ncc(F)c2n1. The summed E-state index contributed by atoms with van der Waals surface area (Å²) >= 11 is 0. The van der Waals surface area contributed by atoms with Gasteiger partial charge in [-0.25, -0.2) is 18.7 Å². The molecule has 0 saturated heterocycles. The number of aryl methyl sites for hydroxylation is 1. The molecule has 0 radical (unpaired) electrons. The van der Waals surface area contributed by atoms with Gasteiger partial charge in [0.15, 0.2) is 17.2 Å². The topological polar surface area (TPSA) is 67.5 Å². The van der Waals surface area contributed by atoms with Crippen molar-refractivity contribution in [3.63, 3.8) is 0 Å². The first-order valence-electron chi connectivity index (χ1n) is 3.84. The summed E-state index contributed by atoms with van der Waals surface area (Å²) in [5.41, 5.74) is 0.271. The van der Waals surface area contributed by atoms with Gasteiger partial charge in [0, 0.05) is 5.69 Å². The van der Waals surface area contributed by atoms with Gasteiger partial charge in [-0.15, -0.1) is 0 Å². The van der Waals surface area contributed by atoms with Crippen LogP contribution in [-0.2, 0) is 0 Å². The molecule has 14 heavy (non-hydrogen) atoms. The third-order valence-corrected chi connectivity index (χ3v) is 1.78. The fourth-order valence-electron chi connectivity index (χ4n) is 1.21. The van der Waals surface area contributed by atoms with E-state index in [-0.39, 0.29) is 11.3 Å². The van der Waals surface area contributed by atoms with Crippen LogP contribution in [0.2, 0.25) is 0 Å². The quantitative estimate of drug-likeness (QED) is 0.733. The molecule has 0 spiro atoms. The Hall–Kier alpha value is -1.98. The smallest absolute Gasteiger partial charge is 0.354 e. The van der Waals surface area contributed by atoms with Gasteiger partial charge < -0.3 is 5.11 Å². The Morgan fingerprint density at radius 3 is 3.00 bits per heavy atom. The van der Waals surface area contributed by atoms with Gasteiger partial charge in [-0.3, -0.25) is 0 Å².